The van der Waals surface area contributed by atoms with Gasteiger partial charge < -0.3 is 27.0 Å². The molecule has 0 atom stereocenters. The largest absolute Gasteiger partial charge is 0.386 e. The number of piperazine rings is 1. The fourth-order valence-electron chi connectivity index (χ4n) is 1.68. The maximum atomic E-state index is 12.2. The van der Waals surface area contributed by atoms with E-state index in [0.717, 1.165) is 13.1 Å². The molecule has 1 heterocycles. The van der Waals surface area contributed by atoms with Gasteiger partial charge in [0, 0.05) is 31.8 Å². The summed E-state index contributed by atoms with van der Waals surface area (Å²) in [5.41, 5.74) is 11.5. The molecule has 0 spiro atoms. The van der Waals surface area contributed by atoms with E-state index in [9.17, 15) is 4.79 Å². The molecule has 19 heavy (non-hydrogen) atoms. The van der Waals surface area contributed by atoms with E-state index in [1.807, 2.05) is 0 Å². The molecule has 1 rings (SSSR count). The zero-order chi connectivity index (χ0) is 14.3. The minimum Gasteiger partial charge on any atom is -0.386 e. The Balaban J connectivity index is 2.72. The van der Waals surface area contributed by atoms with Crippen molar-refractivity contribution in [3.8, 4) is 0 Å². The molecule has 6 N–H and O–H groups in total. The molecule has 0 unspecified atom stereocenters. The van der Waals surface area contributed by atoms with Gasteiger partial charge in [-0.3, -0.25) is 4.79 Å². The Labute approximate surface area is 113 Å². The lowest BCUT2D eigenvalue weighted by atomic mass is 10.2. The molecule has 0 aliphatic carbocycles. The third kappa shape index (κ3) is 4.89. The summed E-state index contributed by atoms with van der Waals surface area (Å²) in [5, 5.41) is 5.84. The summed E-state index contributed by atoms with van der Waals surface area (Å²) in [4.78, 5) is 14.0. The lowest BCUT2D eigenvalue weighted by molar-refractivity contribution is -0.127. The zero-order valence-electron chi connectivity index (χ0n) is 11.0. The fraction of sp³-hybridized carbons (Fsp3) is 0.308. The first-order valence-corrected chi connectivity index (χ1v) is 6.06. The molecule has 0 aromatic rings. The van der Waals surface area contributed by atoms with Crippen molar-refractivity contribution >= 4 is 5.91 Å². The molecule has 1 fully saturated rings. The highest BCUT2D eigenvalue weighted by atomic mass is 16.2. The number of carbonyl (C=O) groups is 1. The van der Waals surface area contributed by atoms with Crippen LogP contribution in [-0.2, 0) is 4.79 Å². The Kier molecular flexibility index (Phi) is 5.69. The van der Waals surface area contributed by atoms with Crippen LogP contribution in [0.2, 0.25) is 0 Å². The number of nitrogens with one attached hydrogen (secondary N) is 2. The second kappa shape index (κ2) is 7.27. The van der Waals surface area contributed by atoms with E-state index in [1.54, 1.807) is 17.1 Å². The number of carbonyl (C=O) groups excluding carboxylic acids is 1. The van der Waals surface area contributed by atoms with Crippen molar-refractivity contribution < 1.29 is 4.79 Å². The van der Waals surface area contributed by atoms with E-state index < -0.39 is 0 Å². The molecule has 1 aliphatic rings. The van der Waals surface area contributed by atoms with Crippen LogP contribution >= 0.6 is 0 Å². The molecule has 0 aromatic heterocycles. The van der Waals surface area contributed by atoms with Crippen molar-refractivity contribution in [2.24, 2.45) is 11.5 Å². The first-order chi connectivity index (χ1) is 9.04. The number of amides is 1. The molecule has 0 saturated carbocycles. The molecular weight excluding hydrogens is 242 g/mol. The van der Waals surface area contributed by atoms with Gasteiger partial charge in [-0.25, -0.2) is 0 Å². The van der Waals surface area contributed by atoms with Crippen LogP contribution in [0.5, 0.6) is 0 Å². The standard InChI is InChI=1S/C13H21N5O/c1-3-11(4-5-12(15)17-10(2)14)13(19)18-8-6-16-7-9-18/h3-5,16-17H,1-2,6-9,14-15H2/b11-4+,12-5+. The fourth-order valence-corrected chi connectivity index (χ4v) is 1.68. The number of nitrogens with two attached hydrogens (primary N) is 2. The first kappa shape index (κ1) is 14.8. The molecule has 104 valence electrons. The van der Waals surface area contributed by atoms with Crippen LogP contribution in [-0.4, -0.2) is 37.0 Å². The minimum absolute atomic E-state index is 0.0490. The summed E-state index contributed by atoms with van der Waals surface area (Å²) in [6.45, 7) is 10.1. The Hall–Kier alpha value is -2.21. The number of nitrogens with zero attached hydrogens (tertiary/aromatic N) is 1. The Morgan fingerprint density at radius 3 is 2.42 bits per heavy atom. The quantitative estimate of drug-likeness (QED) is 0.390. The molecule has 1 aliphatic heterocycles. The van der Waals surface area contributed by atoms with Crippen LogP contribution in [0.4, 0.5) is 0 Å². The highest BCUT2D eigenvalue weighted by Gasteiger charge is 2.17. The van der Waals surface area contributed by atoms with Crippen molar-refractivity contribution in [2.45, 2.75) is 0 Å². The third-order valence-corrected chi connectivity index (χ3v) is 2.62. The third-order valence-electron chi connectivity index (χ3n) is 2.62. The molecule has 1 saturated heterocycles. The van der Waals surface area contributed by atoms with Gasteiger partial charge in [0.05, 0.1) is 5.82 Å². The van der Waals surface area contributed by atoms with Crippen LogP contribution in [0.25, 0.3) is 0 Å². The topological polar surface area (TPSA) is 96.4 Å². The average Bonchev–Trinajstić information content (AvgIpc) is 2.39. The van der Waals surface area contributed by atoms with E-state index in [4.69, 9.17) is 11.5 Å². The maximum Gasteiger partial charge on any atom is 0.253 e. The van der Waals surface area contributed by atoms with Crippen LogP contribution < -0.4 is 22.1 Å². The van der Waals surface area contributed by atoms with Gasteiger partial charge in [-0.15, -0.1) is 0 Å². The van der Waals surface area contributed by atoms with Crippen LogP contribution in [0.15, 0.2) is 48.6 Å². The normalized spacial score (nSPS) is 16.9. The highest BCUT2D eigenvalue weighted by Crippen LogP contribution is 2.05. The minimum atomic E-state index is -0.0490. The Morgan fingerprint density at radius 2 is 1.89 bits per heavy atom. The number of allylic oxidation sites excluding steroid dienone is 2. The number of hydrogen-bond donors (Lipinski definition) is 4. The number of rotatable bonds is 5. The lowest BCUT2D eigenvalue weighted by Gasteiger charge is -2.27. The van der Waals surface area contributed by atoms with E-state index in [2.05, 4.69) is 23.8 Å². The lowest BCUT2D eigenvalue weighted by Crippen LogP contribution is -2.46. The maximum absolute atomic E-state index is 12.2. The van der Waals surface area contributed by atoms with Gasteiger partial charge in [-0.05, 0) is 12.2 Å². The van der Waals surface area contributed by atoms with E-state index in [1.165, 1.54) is 6.08 Å². The van der Waals surface area contributed by atoms with Crippen LogP contribution in [0.3, 0.4) is 0 Å². The first-order valence-electron chi connectivity index (χ1n) is 6.06. The van der Waals surface area contributed by atoms with E-state index in [0.29, 0.717) is 24.5 Å². The molecule has 1 amide bonds. The van der Waals surface area contributed by atoms with E-state index in [-0.39, 0.29) is 11.7 Å². The molecule has 0 aromatic carbocycles. The summed E-state index contributed by atoms with van der Waals surface area (Å²) < 4.78 is 0. The van der Waals surface area contributed by atoms with Gasteiger partial charge in [0.1, 0.15) is 5.82 Å². The SMILES string of the molecule is C=C/C(=C\C=C(/N)NC(=C)N)C(=O)N1CCNCC1. The van der Waals surface area contributed by atoms with Crippen LogP contribution in [0, 0.1) is 0 Å². The van der Waals surface area contributed by atoms with Crippen molar-refractivity contribution in [2.75, 3.05) is 26.2 Å². The Morgan fingerprint density at radius 1 is 1.26 bits per heavy atom. The van der Waals surface area contributed by atoms with Crippen LogP contribution in [0.1, 0.15) is 0 Å². The van der Waals surface area contributed by atoms with Gasteiger partial charge >= 0.3 is 0 Å². The predicted molar refractivity (Wildman–Crippen MR) is 76.5 cm³/mol. The highest BCUT2D eigenvalue weighted by molar-refractivity contribution is 5.96. The molecule has 0 bridgehead atoms. The predicted octanol–water partition coefficient (Wildman–Crippen LogP) is -0.650. The van der Waals surface area contributed by atoms with Gasteiger partial charge in [-0.2, -0.15) is 0 Å². The van der Waals surface area contributed by atoms with Gasteiger partial charge in [0.15, 0.2) is 0 Å². The second-order valence-electron chi connectivity index (χ2n) is 4.14. The molecule has 6 nitrogen and oxygen atoms in total. The van der Waals surface area contributed by atoms with Crippen molar-refractivity contribution in [1.29, 1.82) is 0 Å². The molecular formula is C13H21N5O. The summed E-state index contributed by atoms with van der Waals surface area (Å²) in [6.07, 6.45) is 4.70. The van der Waals surface area contributed by atoms with E-state index >= 15 is 0 Å². The smallest absolute Gasteiger partial charge is 0.253 e. The summed E-state index contributed by atoms with van der Waals surface area (Å²) in [6, 6.07) is 0. The monoisotopic (exact) mass is 263 g/mol. The van der Waals surface area contributed by atoms with Crippen molar-refractivity contribution in [3.05, 3.63) is 48.6 Å². The summed E-state index contributed by atoms with van der Waals surface area (Å²) in [5.74, 6) is 0.517. The summed E-state index contributed by atoms with van der Waals surface area (Å²) in [7, 11) is 0. The summed E-state index contributed by atoms with van der Waals surface area (Å²) >= 11 is 0. The van der Waals surface area contributed by atoms with Gasteiger partial charge in [-0.1, -0.05) is 19.2 Å². The molecule has 6 heteroatoms. The van der Waals surface area contributed by atoms with Crippen molar-refractivity contribution in [1.82, 2.24) is 15.5 Å². The zero-order valence-corrected chi connectivity index (χ0v) is 11.0. The van der Waals surface area contributed by atoms with Gasteiger partial charge in [0.25, 0.3) is 5.91 Å². The second-order valence-corrected chi connectivity index (χ2v) is 4.14. The van der Waals surface area contributed by atoms with Gasteiger partial charge in [0.2, 0.25) is 0 Å². The molecule has 0 radical (unpaired) electrons. The Bertz CT molecular complexity index is 419. The number of hydrogen-bond acceptors (Lipinski definition) is 5. The average molecular weight is 263 g/mol. The van der Waals surface area contributed by atoms with Crippen molar-refractivity contribution in [3.63, 3.8) is 0 Å².